The van der Waals surface area contributed by atoms with Crippen LogP contribution in [0.2, 0.25) is 0 Å². The molecule has 0 aromatic heterocycles. The van der Waals surface area contributed by atoms with Gasteiger partial charge in [0.2, 0.25) is 35.4 Å². The molecule has 270 valence electrons. The molecule has 0 spiro atoms. The largest absolute Gasteiger partial charge is 0.355 e. The van der Waals surface area contributed by atoms with E-state index in [2.05, 4.69) is 40.4 Å². The van der Waals surface area contributed by atoms with Gasteiger partial charge in [0.15, 0.2) is 0 Å². The van der Waals surface area contributed by atoms with Crippen molar-refractivity contribution < 1.29 is 28.8 Å². The zero-order valence-corrected chi connectivity index (χ0v) is 29.6. The predicted molar refractivity (Wildman–Crippen MR) is 185 cm³/mol. The summed E-state index contributed by atoms with van der Waals surface area (Å²) in [6.45, 7) is 10.2. The van der Waals surface area contributed by atoms with Gasteiger partial charge in [0.05, 0.1) is 31.2 Å². The minimum atomic E-state index is -0.960. The molecule has 0 aliphatic carbocycles. The Morgan fingerprint density at radius 1 is 0.878 bits per heavy atom. The van der Waals surface area contributed by atoms with E-state index in [4.69, 9.17) is 0 Å². The molecule has 1 aromatic carbocycles. The molecule has 0 saturated carbocycles. The summed E-state index contributed by atoms with van der Waals surface area (Å²) in [5.41, 5.74) is 0.844. The smallest absolute Gasteiger partial charge is 0.246 e. The van der Waals surface area contributed by atoms with E-state index in [-0.39, 0.29) is 48.6 Å². The van der Waals surface area contributed by atoms with E-state index in [1.165, 1.54) is 0 Å². The molecular formula is C36H55N7O6. The van der Waals surface area contributed by atoms with Crippen LogP contribution in [0.1, 0.15) is 78.7 Å². The molecular weight excluding hydrogens is 626 g/mol. The highest BCUT2D eigenvalue weighted by molar-refractivity contribution is 5.95. The van der Waals surface area contributed by atoms with Gasteiger partial charge in [0.25, 0.3) is 0 Å². The Balaban J connectivity index is 1.73. The minimum absolute atomic E-state index is 0.0528. The van der Waals surface area contributed by atoms with Crippen LogP contribution in [-0.4, -0.2) is 108 Å². The van der Waals surface area contributed by atoms with Crippen LogP contribution >= 0.6 is 0 Å². The van der Waals surface area contributed by atoms with Crippen molar-refractivity contribution in [1.29, 1.82) is 0 Å². The third kappa shape index (κ3) is 10.3. The lowest BCUT2D eigenvalue weighted by atomic mass is 10.0. The number of amides is 6. The summed E-state index contributed by atoms with van der Waals surface area (Å²) < 4.78 is 0. The van der Waals surface area contributed by atoms with Gasteiger partial charge in [-0.25, -0.2) is 0 Å². The van der Waals surface area contributed by atoms with Crippen molar-refractivity contribution in [2.75, 3.05) is 26.2 Å². The third-order valence-electron chi connectivity index (χ3n) is 9.45. The lowest BCUT2D eigenvalue weighted by molar-refractivity contribution is -0.136. The highest BCUT2D eigenvalue weighted by Gasteiger charge is 2.60. The zero-order chi connectivity index (χ0) is 35.7. The Labute approximate surface area is 290 Å². The van der Waals surface area contributed by atoms with Crippen LogP contribution in [0.15, 0.2) is 30.3 Å². The second-order valence-electron chi connectivity index (χ2n) is 14.4. The van der Waals surface area contributed by atoms with Crippen LogP contribution in [0.25, 0.3) is 0 Å². The van der Waals surface area contributed by atoms with Gasteiger partial charge in [-0.15, -0.1) is 0 Å². The van der Waals surface area contributed by atoms with Crippen LogP contribution in [0.3, 0.4) is 0 Å². The second-order valence-corrected chi connectivity index (χ2v) is 14.4. The number of nitrogens with one attached hydrogen (secondary N) is 5. The number of rotatable bonds is 10. The molecule has 1 aromatic rings. The maximum Gasteiger partial charge on any atom is 0.246 e. The molecule has 3 aliphatic rings. The number of carbonyl (C=O) groups excluding carboxylic acids is 6. The number of carbonyl (C=O) groups is 6. The Morgan fingerprint density at radius 2 is 1.51 bits per heavy atom. The molecule has 49 heavy (non-hydrogen) atoms. The van der Waals surface area contributed by atoms with E-state index >= 15 is 0 Å². The molecule has 13 nitrogen and oxygen atoms in total. The first kappa shape index (κ1) is 37.8. The Kier molecular flexibility index (Phi) is 13.6. The lowest BCUT2D eigenvalue weighted by Gasteiger charge is -2.32. The van der Waals surface area contributed by atoms with Gasteiger partial charge in [-0.2, -0.15) is 0 Å². The van der Waals surface area contributed by atoms with E-state index in [0.717, 1.165) is 18.4 Å². The number of fused-ring (bicyclic) bond motifs is 2. The molecule has 13 heteroatoms. The quantitative estimate of drug-likeness (QED) is 0.180. The average Bonchev–Trinajstić information content (AvgIpc) is 3.49. The van der Waals surface area contributed by atoms with Gasteiger partial charge in [-0.05, 0) is 56.0 Å². The topological polar surface area (TPSA) is 169 Å². The van der Waals surface area contributed by atoms with E-state index in [0.29, 0.717) is 38.8 Å². The van der Waals surface area contributed by atoms with Crippen molar-refractivity contribution in [3.8, 4) is 0 Å². The molecule has 3 saturated heterocycles. The summed E-state index contributed by atoms with van der Waals surface area (Å²) in [7, 11) is 0. The molecule has 5 N–H and O–H groups in total. The van der Waals surface area contributed by atoms with Crippen molar-refractivity contribution in [3.05, 3.63) is 35.9 Å². The minimum Gasteiger partial charge on any atom is -0.355 e. The molecule has 3 heterocycles. The van der Waals surface area contributed by atoms with Gasteiger partial charge >= 0.3 is 0 Å². The fourth-order valence-electron chi connectivity index (χ4n) is 7.11. The molecule has 4 rings (SSSR count). The zero-order valence-electron chi connectivity index (χ0n) is 29.6. The van der Waals surface area contributed by atoms with Crippen molar-refractivity contribution in [3.63, 3.8) is 0 Å². The molecule has 6 amide bonds. The number of nitrogens with zero attached hydrogens (tertiary/aromatic N) is 2. The standard InChI is InChI=1S/C36H55N7O6/c1-6-7-15-37-35(48)32-31-28(18-23(4)5)43(31)36(49)26(19-24-12-9-8-10-13-24)41-30(45)20-38-33(46)25(17-22(2)3)40-29(44)21-39-34(47)27-14-11-16-42(27)32/h8-10,12-13,22-23,25-28,31-32H,6-7,11,14-21H2,1-5H3,(H,37,48)(H,38,46)(H,39,47)(H,40,44)(H,41,45)/t25-,26-,27-,28+,31?,32+,43?/m0/s1. The number of hydrogen-bond acceptors (Lipinski definition) is 7. The van der Waals surface area contributed by atoms with Gasteiger partial charge in [0, 0.05) is 13.0 Å². The highest BCUT2D eigenvalue weighted by Crippen LogP contribution is 2.40. The van der Waals surface area contributed by atoms with E-state index in [1.807, 2.05) is 56.0 Å². The first-order valence-electron chi connectivity index (χ1n) is 17.9. The molecule has 1 unspecified atom stereocenters. The molecule has 0 radical (unpaired) electrons. The van der Waals surface area contributed by atoms with Crippen molar-refractivity contribution in [2.45, 2.75) is 116 Å². The monoisotopic (exact) mass is 681 g/mol. The second kappa shape index (κ2) is 17.6. The maximum absolute atomic E-state index is 14.5. The van der Waals surface area contributed by atoms with Crippen LogP contribution in [0.5, 0.6) is 0 Å². The summed E-state index contributed by atoms with van der Waals surface area (Å²) in [5.74, 6) is -2.26. The number of hydrogen-bond donors (Lipinski definition) is 5. The summed E-state index contributed by atoms with van der Waals surface area (Å²) in [5, 5.41) is 14.0. The van der Waals surface area contributed by atoms with E-state index < -0.39 is 54.5 Å². The average molecular weight is 682 g/mol. The van der Waals surface area contributed by atoms with Crippen molar-refractivity contribution >= 4 is 35.4 Å². The molecule has 6 atom stereocenters. The van der Waals surface area contributed by atoms with Gasteiger partial charge in [-0.3, -0.25) is 33.7 Å². The third-order valence-corrected chi connectivity index (χ3v) is 9.45. The fourth-order valence-corrected chi connectivity index (χ4v) is 7.11. The van der Waals surface area contributed by atoms with Crippen LogP contribution < -0.4 is 26.6 Å². The summed E-state index contributed by atoms with van der Waals surface area (Å²) in [6.07, 6.45) is 4.02. The fraction of sp³-hybridized carbons (Fsp3) is 0.667. The molecule has 0 bridgehead atoms. The summed E-state index contributed by atoms with van der Waals surface area (Å²) >= 11 is 0. The summed E-state index contributed by atoms with van der Waals surface area (Å²) in [4.78, 5) is 85.3. The Morgan fingerprint density at radius 3 is 2.14 bits per heavy atom. The SMILES string of the molecule is CCCCNC(=O)[C@H]1C2[C@@H](CC(C)C)N2C(=O)[C@H](Cc2ccccc2)NC(=O)CNC(=O)[C@H](CC(C)C)NC(=O)CNC(=O)[C@@H]2CCCN21. The van der Waals surface area contributed by atoms with E-state index in [1.54, 1.807) is 4.90 Å². The van der Waals surface area contributed by atoms with Crippen molar-refractivity contribution in [2.24, 2.45) is 11.8 Å². The predicted octanol–water partition coefficient (Wildman–Crippen LogP) is 0.866. The Hall–Kier alpha value is -4.00. The van der Waals surface area contributed by atoms with Crippen LogP contribution in [0, 0.1) is 11.8 Å². The normalized spacial score (nSPS) is 27.3. The summed E-state index contributed by atoms with van der Waals surface area (Å²) in [6, 6.07) is 5.22. The number of unbranched alkanes of at least 4 members (excludes halogenated alkanes) is 1. The van der Waals surface area contributed by atoms with Crippen LogP contribution in [0.4, 0.5) is 0 Å². The maximum atomic E-state index is 14.5. The highest BCUT2D eigenvalue weighted by atomic mass is 16.2. The van der Waals surface area contributed by atoms with Crippen LogP contribution in [-0.2, 0) is 35.2 Å². The van der Waals surface area contributed by atoms with Gasteiger partial charge in [-0.1, -0.05) is 71.4 Å². The lowest BCUT2D eigenvalue weighted by Crippen LogP contribution is -2.58. The number of benzene rings is 1. The van der Waals surface area contributed by atoms with Gasteiger partial charge in [0.1, 0.15) is 18.1 Å². The first-order chi connectivity index (χ1) is 23.4. The Bertz CT molecular complexity index is 1340. The molecule has 3 fully saturated rings. The van der Waals surface area contributed by atoms with Crippen molar-refractivity contribution in [1.82, 2.24) is 36.4 Å². The van der Waals surface area contributed by atoms with E-state index in [9.17, 15) is 28.8 Å². The first-order valence-corrected chi connectivity index (χ1v) is 17.9. The molecule has 3 aliphatic heterocycles. The van der Waals surface area contributed by atoms with Gasteiger partial charge < -0.3 is 31.5 Å².